The Bertz CT molecular complexity index is 617. The number of benzene rings is 2. The summed E-state index contributed by atoms with van der Waals surface area (Å²) in [6.45, 7) is 0.327. The van der Waals surface area contributed by atoms with E-state index in [1.54, 1.807) is 36.4 Å². The molecule has 5 nitrogen and oxygen atoms in total. The molecule has 0 aliphatic rings. The average molecular weight is 370 g/mol. The quantitative estimate of drug-likeness (QED) is 0.491. The van der Waals surface area contributed by atoms with E-state index >= 15 is 0 Å². The molecule has 19 heavy (non-hydrogen) atoms. The number of hydrogen-bond donors (Lipinski definition) is 2. The molecule has 2 rings (SSSR count). The lowest BCUT2D eigenvalue weighted by molar-refractivity contribution is -0.384. The predicted molar refractivity (Wildman–Crippen MR) is 81.2 cm³/mol. The number of nitro benzene ring substituents is 1. The van der Waals surface area contributed by atoms with Crippen LogP contribution in [0.15, 0.2) is 42.5 Å². The van der Waals surface area contributed by atoms with Crippen LogP contribution in [0.1, 0.15) is 5.56 Å². The molecule has 0 aromatic heterocycles. The van der Waals surface area contributed by atoms with Gasteiger partial charge in [0.05, 0.1) is 4.92 Å². The lowest BCUT2D eigenvalue weighted by Crippen LogP contribution is -2.03. The van der Waals surface area contributed by atoms with Crippen LogP contribution in [0.5, 0.6) is 5.75 Å². The van der Waals surface area contributed by atoms with Crippen molar-refractivity contribution in [1.29, 1.82) is 0 Å². The number of nitro groups is 1. The summed E-state index contributed by atoms with van der Waals surface area (Å²) in [6, 6.07) is 11.8. The Morgan fingerprint density at radius 1 is 1.26 bits per heavy atom. The van der Waals surface area contributed by atoms with Gasteiger partial charge in [0.25, 0.3) is 5.69 Å². The van der Waals surface area contributed by atoms with Crippen molar-refractivity contribution >= 4 is 34.0 Å². The molecule has 0 saturated carbocycles. The van der Waals surface area contributed by atoms with Crippen LogP contribution in [-0.4, -0.2) is 10.0 Å². The Hall–Kier alpha value is -1.83. The van der Waals surface area contributed by atoms with E-state index in [4.69, 9.17) is 0 Å². The first kappa shape index (κ1) is 13.6. The Morgan fingerprint density at radius 3 is 2.68 bits per heavy atom. The Balaban J connectivity index is 2.20. The molecule has 0 aliphatic carbocycles. The van der Waals surface area contributed by atoms with Gasteiger partial charge < -0.3 is 10.4 Å². The zero-order valence-electron chi connectivity index (χ0n) is 9.84. The maximum absolute atomic E-state index is 11.0. The standard InChI is InChI=1S/C13H11IN2O3/c14-10-5-6-11(12(7-10)16(18)19)15-8-9-3-1-2-4-13(9)17/h1-7,15,17H,8H2. The third kappa shape index (κ3) is 3.34. The fourth-order valence-electron chi connectivity index (χ4n) is 1.66. The maximum atomic E-state index is 11.0. The summed E-state index contributed by atoms with van der Waals surface area (Å²) in [4.78, 5) is 10.5. The summed E-state index contributed by atoms with van der Waals surface area (Å²) in [6.07, 6.45) is 0. The molecular weight excluding hydrogens is 359 g/mol. The van der Waals surface area contributed by atoms with Crippen LogP contribution in [0.4, 0.5) is 11.4 Å². The van der Waals surface area contributed by atoms with E-state index in [1.807, 2.05) is 22.6 Å². The van der Waals surface area contributed by atoms with Crippen molar-refractivity contribution in [2.75, 3.05) is 5.32 Å². The van der Waals surface area contributed by atoms with Gasteiger partial charge in [0.15, 0.2) is 0 Å². The molecule has 0 saturated heterocycles. The summed E-state index contributed by atoms with van der Waals surface area (Å²) >= 11 is 2.03. The summed E-state index contributed by atoms with van der Waals surface area (Å²) < 4.78 is 0.803. The smallest absolute Gasteiger partial charge is 0.293 e. The largest absolute Gasteiger partial charge is 0.508 e. The number of aromatic hydroxyl groups is 1. The molecule has 0 atom stereocenters. The van der Waals surface area contributed by atoms with Gasteiger partial charge >= 0.3 is 0 Å². The number of anilines is 1. The van der Waals surface area contributed by atoms with Crippen LogP contribution >= 0.6 is 22.6 Å². The van der Waals surface area contributed by atoms with E-state index < -0.39 is 4.92 Å². The second kappa shape index (κ2) is 5.87. The summed E-state index contributed by atoms with van der Waals surface area (Å²) in [5, 5.41) is 23.6. The van der Waals surface area contributed by atoms with Gasteiger partial charge in [0.1, 0.15) is 11.4 Å². The van der Waals surface area contributed by atoms with Crippen LogP contribution in [0.25, 0.3) is 0 Å². The van der Waals surface area contributed by atoms with Crippen LogP contribution in [0.3, 0.4) is 0 Å². The fourth-order valence-corrected chi connectivity index (χ4v) is 2.13. The highest BCUT2D eigenvalue weighted by molar-refractivity contribution is 14.1. The minimum absolute atomic E-state index is 0.0299. The van der Waals surface area contributed by atoms with Gasteiger partial charge in [-0.25, -0.2) is 0 Å². The number of rotatable bonds is 4. The molecule has 0 aliphatic heterocycles. The molecule has 0 heterocycles. The minimum atomic E-state index is -0.421. The monoisotopic (exact) mass is 370 g/mol. The number of halogens is 1. The Labute approximate surface area is 123 Å². The molecule has 98 valence electrons. The minimum Gasteiger partial charge on any atom is -0.508 e. The van der Waals surface area contributed by atoms with E-state index in [9.17, 15) is 15.2 Å². The highest BCUT2D eigenvalue weighted by Gasteiger charge is 2.14. The third-order valence-corrected chi connectivity index (χ3v) is 3.29. The summed E-state index contributed by atoms with van der Waals surface area (Å²) in [7, 11) is 0. The van der Waals surface area contributed by atoms with Crippen LogP contribution in [0.2, 0.25) is 0 Å². The van der Waals surface area contributed by atoms with Crippen molar-refractivity contribution in [2.45, 2.75) is 6.54 Å². The zero-order valence-corrected chi connectivity index (χ0v) is 12.0. The highest BCUT2D eigenvalue weighted by atomic mass is 127. The number of para-hydroxylation sites is 1. The number of hydrogen-bond acceptors (Lipinski definition) is 4. The molecule has 0 unspecified atom stereocenters. The molecule has 0 bridgehead atoms. The first-order valence-corrected chi connectivity index (χ1v) is 6.60. The maximum Gasteiger partial charge on any atom is 0.293 e. The predicted octanol–water partition coefficient (Wildman–Crippen LogP) is 3.52. The topological polar surface area (TPSA) is 75.4 Å². The van der Waals surface area contributed by atoms with Crippen LogP contribution in [-0.2, 0) is 6.54 Å². The van der Waals surface area contributed by atoms with E-state index in [-0.39, 0.29) is 11.4 Å². The molecule has 0 spiro atoms. The van der Waals surface area contributed by atoms with E-state index in [0.29, 0.717) is 17.8 Å². The Kier molecular flexibility index (Phi) is 4.20. The summed E-state index contributed by atoms with van der Waals surface area (Å²) in [5.74, 6) is 0.170. The van der Waals surface area contributed by atoms with Gasteiger partial charge in [-0.1, -0.05) is 18.2 Å². The molecule has 0 radical (unpaired) electrons. The van der Waals surface area contributed by atoms with Gasteiger partial charge in [-0.05, 0) is 40.8 Å². The molecular formula is C13H11IN2O3. The van der Waals surface area contributed by atoms with Crippen molar-refractivity contribution in [3.8, 4) is 5.75 Å². The zero-order chi connectivity index (χ0) is 13.8. The van der Waals surface area contributed by atoms with Gasteiger partial charge in [-0.2, -0.15) is 0 Å². The lowest BCUT2D eigenvalue weighted by atomic mass is 10.2. The van der Waals surface area contributed by atoms with Crippen LogP contribution < -0.4 is 5.32 Å². The first-order valence-electron chi connectivity index (χ1n) is 5.52. The third-order valence-electron chi connectivity index (χ3n) is 2.62. The van der Waals surface area contributed by atoms with Gasteiger partial charge in [-0.15, -0.1) is 0 Å². The Morgan fingerprint density at radius 2 is 2.00 bits per heavy atom. The average Bonchev–Trinajstić information content (AvgIpc) is 2.38. The highest BCUT2D eigenvalue weighted by Crippen LogP contribution is 2.27. The molecule has 2 aromatic carbocycles. The normalized spacial score (nSPS) is 10.2. The molecule has 2 N–H and O–H groups in total. The molecule has 2 aromatic rings. The first-order chi connectivity index (χ1) is 9.08. The molecule has 0 fully saturated rings. The van der Waals surface area contributed by atoms with Crippen molar-refractivity contribution < 1.29 is 10.0 Å². The van der Waals surface area contributed by atoms with Gasteiger partial charge in [0, 0.05) is 21.7 Å². The number of nitrogens with zero attached hydrogens (tertiary/aromatic N) is 1. The SMILES string of the molecule is O=[N+]([O-])c1cc(I)ccc1NCc1ccccc1O. The second-order valence-electron chi connectivity index (χ2n) is 3.90. The van der Waals surface area contributed by atoms with Crippen molar-refractivity contribution in [2.24, 2.45) is 0 Å². The van der Waals surface area contributed by atoms with Crippen molar-refractivity contribution in [3.05, 3.63) is 61.7 Å². The number of phenolic OH excluding ortho intramolecular Hbond substituents is 1. The van der Waals surface area contributed by atoms with Crippen molar-refractivity contribution in [1.82, 2.24) is 0 Å². The second-order valence-corrected chi connectivity index (χ2v) is 5.15. The van der Waals surface area contributed by atoms with E-state index in [2.05, 4.69) is 5.32 Å². The van der Waals surface area contributed by atoms with Crippen molar-refractivity contribution in [3.63, 3.8) is 0 Å². The molecule has 6 heteroatoms. The van der Waals surface area contributed by atoms with E-state index in [0.717, 1.165) is 3.57 Å². The molecule has 0 amide bonds. The van der Waals surface area contributed by atoms with E-state index in [1.165, 1.54) is 6.07 Å². The number of nitrogens with one attached hydrogen (secondary N) is 1. The van der Waals surface area contributed by atoms with Crippen LogP contribution in [0, 0.1) is 13.7 Å². The number of phenols is 1. The lowest BCUT2D eigenvalue weighted by Gasteiger charge is -2.08. The fraction of sp³-hybridized carbons (Fsp3) is 0.0769. The van der Waals surface area contributed by atoms with Gasteiger partial charge in [-0.3, -0.25) is 10.1 Å². The van der Waals surface area contributed by atoms with Gasteiger partial charge in [0.2, 0.25) is 0 Å². The summed E-state index contributed by atoms with van der Waals surface area (Å²) in [5.41, 5.74) is 1.16.